The Morgan fingerprint density at radius 3 is 3.00 bits per heavy atom. The molecule has 1 amide bonds. The van der Waals surface area contributed by atoms with Crippen molar-refractivity contribution < 1.29 is 14.3 Å². The third-order valence-corrected chi connectivity index (χ3v) is 3.54. The highest BCUT2D eigenvalue weighted by Gasteiger charge is 2.23. The summed E-state index contributed by atoms with van der Waals surface area (Å²) in [5.74, 6) is 0.0693. The minimum absolute atomic E-state index is 0.0567. The third-order valence-electron chi connectivity index (χ3n) is 3.54. The Labute approximate surface area is 126 Å². The second kappa shape index (κ2) is 8.77. The van der Waals surface area contributed by atoms with Gasteiger partial charge in [-0.15, -0.1) is 0 Å². The standard InChI is InChI=1S/C16H24N2O3/c1-20-10-5-8-17-16(19)13-18-9-11-21-15(12-18)14-6-3-2-4-7-14/h2-4,6-7,15H,5,8-13H2,1H3,(H,17,19). The number of carbonyl (C=O) groups is 1. The van der Waals surface area contributed by atoms with Crippen LogP contribution in [0.25, 0.3) is 0 Å². The summed E-state index contributed by atoms with van der Waals surface area (Å²) in [5.41, 5.74) is 1.17. The first kappa shape index (κ1) is 15.9. The average Bonchev–Trinajstić information content (AvgIpc) is 2.53. The van der Waals surface area contributed by atoms with Gasteiger partial charge in [0.25, 0.3) is 0 Å². The topological polar surface area (TPSA) is 50.8 Å². The van der Waals surface area contributed by atoms with Gasteiger partial charge in [0.1, 0.15) is 0 Å². The number of nitrogens with one attached hydrogen (secondary N) is 1. The second-order valence-electron chi connectivity index (χ2n) is 5.20. The number of nitrogens with zero attached hydrogens (tertiary/aromatic N) is 1. The fraction of sp³-hybridized carbons (Fsp3) is 0.562. The van der Waals surface area contributed by atoms with Gasteiger partial charge in [0, 0.05) is 33.4 Å². The van der Waals surface area contributed by atoms with E-state index in [0.717, 1.165) is 19.5 Å². The molecule has 0 aromatic heterocycles. The predicted octanol–water partition coefficient (Wildman–Crippen LogP) is 1.21. The van der Waals surface area contributed by atoms with Gasteiger partial charge < -0.3 is 14.8 Å². The number of ether oxygens (including phenoxy) is 2. The molecule has 0 aliphatic carbocycles. The van der Waals surface area contributed by atoms with Crippen molar-refractivity contribution in [1.29, 1.82) is 0 Å². The van der Waals surface area contributed by atoms with Gasteiger partial charge in [-0.25, -0.2) is 0 Å². The Balaban J connectivity index is 1.75. The molecule has 0 bridgehead atoms. The summed E-state index contributed by atoms with van der Waals surface area (Å²) in [4.78, 5) is 14.0. The molecule has 5 nitrogen and oxygen atoms in total. The molecule has 2 rings (SSSR count). The van der Waals surface area contributed by atoms with Crippen LogP contribution in [0.3, 0.4) is 0 Å². The Morgan fingerprint density at radius 2 is 2.24 bits per heavy atom. The normalized spacial score (nSPS) is 19.4. The summed E-state index contributed by atoms with van der Waals surface area (Å²) in [6, 6.07) is 10.2. The van der Waals surface area contributed by atoms with E-state index >= 15 is 0 Å². The van der Waals surface area contributed by atoms with Crippen molar-refractivity contribution in [3.63, 3.8) is 0 Å². The van der Waals surface area contributed by atoms with Crippen molar-refractivity contribution in [1.82, 2.24) is 10.2 Å². The lowest BCUT2D eigenvalue weighted by Crippen LogP contribution is -2.44. The summed E-state index contributed by atoms with van der Waals surface area (Å²) in [6.45, 7) is 3.99. The van der Waals surface area contributed by atoms with E-state index in [9.17, 15) is 4.79 Å². The van der Waals surface area contributed by atoms with E-state index < -0.39 is 0 Å². The van der Waals surface area contributed by atoms with Gasteiger partial charge in [0.2, 0.25) is 5.91 Å². The van der Waals surface area contributed by atoms with Gasteiger partial charge in [-0.2, -0.15) is 0 Å². The lowest BCUT2D eigenvalue weighted by molar-refractivity contribution is -0.124. The van der Waals surface area contributed by atoms with Crippen molar-refractivity contribution in [3.05, 3.63) is 35.9 Å². The smallest absolute Gasteiger partial charge is 0.234 e. The zero-order valence-electron chi connectivity index (χ0n) is 12.6. The Morgan fingerprint density at radius 1 is 1.43 bits per heavy atom. The quantitative estimate of drug-likeness (QED) is 0.768. The van der Waals surface area contributed by atoms with Crippen molar-refractivity contribution in [2.24, 2.45) is 0 Å². The fourth-order valence-corrected chi connectivity index (χ4v) is 2.42. The summed E-state index contributed by atoms with van der Waals surface area (Å²) in [6.07, 6.45) is 0.902. The molecular weight excluding hydrogens is 268 g/mol. The molecule has 1 fully saturated rings. The Hall–Kier alpha value is -1.43. The van der Waals surface area contributed by atoms with Crippen LogP contribution in [0.2, 0.25) is 0 Å². The SMILES string of the molecule is COCCCNC(=O)CN1CCOC(c2ccccc2)C1. The summed E-state index contributed by atoms with van der Waals surface area (Å²) in [5, 5.41) is 2.92. The van der Waals surface area contributed by atoms with Crippen LogP contribution >= 0.6 is 0 Å². The van der Waals surface area contributed by atoms with E-state index in [0.29, 0.717) is 26.3 Å². The lowest BCUT2D eigenvalue weighted by atomic mass is 10.1. The monoisotopic (exact) mass is 292 g/mol. The minimum Gasteiger partial charge on any atom is -0.385 e. The van der Waals surface area contributed by atoms with E-state index in [-0.39, 0.29) is 12.0 Å². The largest absolute Gasteiger partial charge is 0.385 e. The average molecular weight is 292 g/mol. The maximum atomic E-state index is 11.9. The first-order valence-electron chi connectivity index (χ1n) is 7.44. The second-order valence-corrected chi connectivity index (χ2v) is 5.20. The lowest BCUT2D eigenvalue weighted by Gasteiger charge is -2.32. The molecule has 1 saturated heterocycles. The predicted molar refractivity (Wildman–Crippen MR) is 81.1 cm³/mol. The molecule has 1 heterocycles. The number of hydrogen-bond donors (Lipinski definition) is 1. The summed E-state index contributed by atoms with van der Waals surface area (Å²) >= 11 is 0. The molecule has 0 saturated carbocycles. The Kier molecular flexibility index (Phi) is 6.66. The van der Waals surface area contributed by atoms with Gasteiger partial charge in [-0.1, -0.05) is 30.3 Å². The number of benzene rings is 1. The number of methoxy groups -OCH3 is 1. The maximum Gasteiger partial charge on any atom is 0.234 e. The Bertz CT molecular complexity index is 425. The first-order valence-corrected chi connectivity index (χ1v) is 7.44. The highest BCUT2D eigenvalue weighted by atomic mass is 16.5. The highest BCUT2D eigenvalue weighted by Crippen LogP contribution is 2.21. The van der Waals surface area contributed by atoms with Crippen molar-refractivity contribution in [2.75, 3.05) is 46.5 Å². The fourth-order valence-electron chi connectivity index (χ4n) is 2.42. The van der Waals surface area contributed by atoms with E-state index in [1.807, 2.05) is 18.2 Å². The van der Waals surface area contributed by atoms with Gasteiger partial charge in [0.15, 0.2) is 0 Å². The van der Waals surface area contributed by atoms with Crippen molar-refractivity contribution in [3.8, 4) is 0 Å². The number of morpholine rings is 1. The van der Waals surface area contributed by atoms with Gasteiger partial charge in [0.05, 0.1) is 19.3 Å². The minimum atomic E-state index is 0.0567. The molecule has 0 spiro atoms. The summed E-state index contributed by atoms with van der Waals surface area (Å²) < 4.78 is 10.8. The van der Waals surface area contributed by atoms with E-state index in [4.69, 9.17) is 9.47 Å². The molecule has 1 N–H and O–H groups in total. The zero-order chi connectivity index (χ0) is 14.9. The molecule has 1 atom stereocenters. The summed E-state index contributed by atoms with van der Waals surface area (Å²) in [7, 11) is 1.67. The maximum absolute atomic E-state index is 11.9. The van der Waals surface area contributed by atoms with Crippen LogP contribution in [-0.2, 0) is 14.3 Å². The van der Waals surface area contributed by atoms with Crippen LogP contribution in [0.1, 0.15) is 18.1 Å². The van der Waals surface area contributed by atoms with Crippen LogP contribution < -0.4 is 5.32 Å². The van der Waals surface area contributed by atoms with Gasteiger partial charge >= 0.3 is 0 Å². The highest BCUT2D eigenvalue weighted by molar-refractivity contribution is 5.77. The van der Waals surface area contributed by atoms with Crippen LogP contribution in [-0.4, -0.2) is 57.3 Å². The number of rotatable bonds is 7. The number of carbonyl (C=O) groups excluding carboxylic acids is 1. The van der Waals surface area contributed by atoms with E-state index in [2.05, 4.69) is 22.3 Å². The van der Waals surface area contributed by atoms with Gasteiger partial charge in [-0.3, -0.25) is 9.69 Å². The molecule has 0 radical (unpaired) electrons. The van der Waals surface area contributed by atoms with Crippen molar-refractivity contribution in [2.45, 2.75) is 12.5 Å². The van der Waals surface area contributed by atoms with Crippen LogP contribution in [0.15, 0.2) is 30.3 Å². The van der Waals surface area contributed by atoms with Gasteiger partial charge in [-0.05, 0) is 12.0 Å². The molecule has 1 aliphatic rings. The van der Waals surface area contributed by atoms with Crippen molar-refractivity contribution >= 4 is 5.91 Å². The number of amides is 1. The van der Waals surface area contributed by atoms with E-state index in [1.165, 1.54) is 5.56 Å². The third kappa shape index (κ3) is 5.46. The number of hydrogen-bond acceptors (Lipinski definition) is 4. The molecule has 21 heavy (non-hydrogen) atoms. The molecule has 1 unspecified atom stereocenters. The van der Waals surface area contributed by atoms with Crippen LogP contribution in [0.5, 0.6) is 0 Å². The molecule has 116 valence electrons. The molecular formula is C16H24N2O3. The molecule has 1 aliphatic heterocycles. The van der Waals surface area contributed by atoms with E-state index in [1.54, 1.807) is 7.11 Å². The van der Waals surface area contributed by atoms with Crippen LogP contribution in [0, 0.1) is 0 Å². The molecule has 1 aromatic carbocycles. The van der Waals surface area contributed by atoms with Crippen LogP contribution in [0.4, 0.5) is 0 Å². The zero-order valence-corrected chi connectivity index (χ0v) is 12.6. The first-order chi connectivity index (χ1) is 10.3. The molecule has 5 heteroatoms. The molecule has 1 aromatic rings.